The third kappa shape index (κ3) is 3.48. The van der Waals surface area contributed by atoms with Crippen LogP contribution in [-0.4, -0.2) is 18.3 Å². The number of hydrogen-bond donors (Lipinski definition) is 1. The molecule has 0 aliphatic rings. The number of hydrogen-bond acceptors (Lipinski definition) is 2. The summed E-state index contributed by atoms with van der Waals surface area (Å²) in [6.07, 6.45) is 0. The molecule has 1 aromatic rings. The number of halogens is 1. The van der Waals surface area contributed by atoms with Gasteiger partial charge in [-0.25, -0.2) is 0 Å². The minimum absolute atomic E-state index is 0.0384. The average Bonchev–Trinajstić information content (AvgIpc) is 2.27. The molecule has 0 atom stereocenters. The summed E-state index contributed by atoms with van der Waals surface area (Å²) in [6, 6.07) is 5.61. The van der Waals surface area contributed by atoms with E-state index >= 15 is 0 Å². The second-order valence-electron chi connectivity index (χ2n) is 4.91. The van der Waals surface area contributed by atoms with E-state index in [1.807, 2.05) is 39.0 Å². The van der Waals surface area contributed by atoms with Crippen molar-refractivity contribution < 1.29 is 9.84 Å². The molecule has 2 nitrogen and oxygen atoms in total. The Kier molecular flexibility index (Phi) is 4.61. The summed E-state index contributed by atoms with van der Waals surface area (Å²) in [5, 5.41) is 9.93. The summed E-state index contributed by atoms with van der Waals surface area (Å²) in [4.78, 5) is 0. The molecule has 0 radical (unpaired) electrons. The van der Waals surface area contributed by atoms with Gasteiger partial charge in [-0.15, -0.1) is 0 Å². The van der Waals surface area contributed by atoms with Crippen molar-refractivity contribution in [3.63, 3.8) is 0 Å². The van der Waals surface area contributed by atoms with Crippen LogP contribution in [0.2, 0.25) is 5.02 Å². The van der Waals surface area contributed by atoms with Gasteiger partial charge in [-0.2, -0.15) is 0 Å². The van der Waals surface area contributed by atoms with Crippen LogP contribution in [0.25, 0.3) is 0 Å². The maximum Gasteiger partial charge on any atom is 0.138 e. The fourth-order valence-electron chi connectivity index (χ4n) is 1.43. The molecule has 17 heavy (non-hydrogen) atoms. The van der Waals surface area contributed by atoms with Crippen molar-refractivity contribution in [2.24, 2.45) is 0 Å². The van der Waals surface area contributed by atoms with Crippen molar-refractivity contribution in [2.45, 2.75) is 26.2 Å². The third-order valence-corrected chi connectivity index (χ3v) is 2.95. The quantitative estimate of drug-likeness (QED) is 0.814. The first-order valence-corrected chi connectivity index (χ1v) is 5.93. The summed E-state index contributed by atoms with van der Waals surface area (Å²) < 4.78 is 5.57. The Morgan fingerprint density at radius 3 is 2.65 bits per heavy atom. The molecule has 0 aromatic heterocycles. The minimum atomic E-state index is -0.375. The minimum Gasteiger partial charge on any atom is -0.488 e. The van der Waals surface area contributed by atoms with Gasteiger partial charge in [-0.3, -0.25) is 0 Å². The van der Waals surface area contributed by atoms with Crippen LogP contribution in [0.4, 0.5) is 0 Å². The highest BCUT2D eigenvalue weighted by molar-refractivity contribution is 6.33. The predicted molar refractivity (Wildman–Crippen MR) is 71.9 cm³/mol. The van der Waals surface area contributed by atoms with E-state index in [4.69, 9.17) is 16.3 Å². The summed E-state index contributed by atoms with van der Waals surface area (Å²) in [5.74, 6) is 0.633. The monoisotopic (exact) mass is 254 g/mol. The molecule has 0 amide bonds. The molecule has 1 aromatic carbocycles. The molecule has 0 bridgehead atoms. The smallest absolute Gasteiger partial charge is 0.138 e. The lowest BCUT2D eigenvalue weighted by atomic mass is 9.85. The molecule has 0 aliphatic heterocycles. The fraction of sp³-hybridized carbons (Fsp3) is 0.429. The van der Waals surface area contributed by atoms with Gasteiger partial charge < -0.3 is 9.84 Å². The number of aliphatic hydroxyl groups is 1. The highest BCUT2D eigenvalue weighted by atomic mass is 35.5. The fourth-order valence-corrected chi connectivity index (χ4v) is 1.87. The van der Waals surface area contributed by atoms with Crippen molar-refractivity contribution in [3.05, 3.63) is 40.9 Å². The van der Waals surface area contributed by atoms with E-state index in [-0.39, 0.29) is 12.0 Å². The summed E-state index contributed by atoms with van der Waals surface area (Å²) >= 11 is 6.29. The standard InChI is InChI=1S/C14H19ClO2/c1-10(2)8-17-12-7-5-6-11(13(12)15)14(3,4)9-16/h5-7,16H,1,8-9H2,2-4H3. The SMILES string of the molecule is C=C(C)COc1cccc(C(C)(C)CO)c1Cl. The van der Waals surface area contributed by atoms with Crippen LogP contribution in [0, 0.1) is 0 Å². The molecule has 0 heterocycles. The van der Waals surface area contributed by atoms with Crippen molar-refractivity contribution in [1.29, 1.82) is 0 Å². The van der Waals surface area contributed by atoms with Crippen molar-refractivity contribution in [3.8, 4) is 5.75 Å². The maximum atomic E-state index is 9.37. The summed E-state index contributed by atoms with van der Waals surface area (Å²) in [6.45, 7) is 10.0. The van der Waals surface area contributed by atoms with E-state index in [1.54, 1.807) is 0 Å². The van der Waals surface area contributed by atoms with Gasteiger partial charge >= 0.3 is 0 Å². The zero-order chi connectivity index (χ0) is 13.1. The van der Waals surface area contributed by atoms with Crippen LogP contribution < -0.4 is 4.74 Å². The third-order valence-electron chi connectivity index (χ3n) is 2.56. The average molecular weight is 255 g/mol. The molecule has 0 fully saturated rings. The van der Waals surface area contributed by atoms with E-state index in [1.165, 1.54) is 0 Å². The van der Waals surface area contributed by atoms with Crippen molar-refractivity contribution in [1.82, 2.24) is 0 Å². The molecule has 1 N–H and O–H groups in total. The normalized spacial score (nSPS) is 11.4. The first kappa shape index (κ1) is 14.1. The summed E-state index contributed by atoms with van der Waals surface area (Å²) in [5.41, 5.74) is 1.45. The lowest BCUT2D eigenvalue weighted by molar-refractivity contribution is 0.218. The Bertz CT molecular complexity index is 411. The van der Waals surface area contributed by atoms with Crippen LogP contribution in [0.1, 0.15) is 26.3 Å². The lowest BCUT2D eigenvalue weighted by Crippen LogP contribution is -2.22. The second kappa shape index (κ2) is 5.56. The summed E-state index contributed by atoms with van der Waals surface area (Å²) in [7, 11) is 0. The van der Waals surface area contributed by atoms with E-state index in [2.05, 4.69) is 6.58 Å². The highest BCUT2D eigenvalue weighted by Gasteiger charge is 2.23. The molecule has 0 unspecified atom stereocenters. The van der Waals surface area contributed by atoms with E-state index in [0.717, 1.165) is 11.1 Å². The van der Waals surface area contributed by atoms with Gasteiger partial charge in [0.2, 0.25) is 0 Å². The molecule has 0 saturated heterocycles. The van der Waals surface area contributed by atoms with Gasteiger partial charge in [0.05, 0.1) is 11.6 Å². The van der Waals surface area contributed by atoms with E-state index in [9.17, 15) is 5.11 Å². The number of benzene rings is 1. The molecular weight excluding hydrogens is 236 g/mol. The van der Waals surface area contributed by atoms with Gasteiger partial charge in [-0.05, 0) is 24.1 Å². The second-order valence-corrected chi connectivity index (χ2v) is 5.28. The van der Waals surface area contributed by atoms with Crippen molar-refractivity contribution >= 4 is 11.6 Å². The van der Waals surface area contributed by atoms with Crippen LogP contribution in [0.15, 0.2) is 30.4 Å². The number of aliphatic hydroxyl groups excluding tert-OH is 1. The van der Waals surface area contributed by atoms with Crippen LogP contribution in [0.5, 0.6) is 5.75 Å². The number of ether oxygens (including phenoxy) is 1. The molecule has 3 heteroatoms. The highest BCUT2D eigenvalue weighted by Crippen LogP contribution is 2.35. The van der Waals surface area contributed by atoms with Crippen LogP contribution in [-0.2, 0) is 5.41 Å². The maximum absolute atomic E-state index is 9.37. The topological polar surface area (TPSA) is 29.5 Å². The Balaban J connectivity index is 3.03. The zero-order valence-corrected chi connectivity index (χ0v) is 11.3. The largest absolute Gasteiger partial charge is 0.488 e. The molecule has 0 spiro atoms. The Morgan fingerprint density at radius 2 is 2.12 bits per heavy atom. The lowest BCUT2D eigenvalue weighted by Gasteiger charge is -2.24. The molecule has 0 aliphatic carbocycles. The van der Waals surface area contributed by atoms with Crippen molar-refractivity contribution in [2.75, 3.05) is 13.2 Å². The van der Waals surface area contributed by atoms with Gasteiger partial charge in [-0.1, -0.05) is 44.2 Å². The van der Waals surface area contributed by atoms with Gasteiger partial charge in [0, 0.05) is 5.41 Å². The van der Waals surface area contributed by atoms with Crippen LogP contribution in [0.3, 0.4) is 0 Å². The Labute approximate surface area is 108 Å². The van der Waals surface area contributed by atoms with Crippen LogP contribution >= 0.6 is 11.6 Å². The molecule has 94 valence electrons. The first-order chi connectivity index (χ1) is 7.88. The molecular formula is C14H19ClO2. The Hall–Kier alpha value is -0.990. The Morgan fingerprint density at radius 1 is 1.47 bits per heavy atom. The number of rotatable bonds is 5. The van der Waals surface area contributed by atoms with Gasteiger partial charge in [0.1, 0.15) is 12.4 Å². The molecule has 0 saturated carbocycles. The first-order valence-electron chi connectivity index (χ1n) is 5.55. The van der Waals surface area contributed by atoms with Gasteiger partial charge in [0.25, 0.3) is 0 Å². The van der Waals surface area contributed by atoms with E-state index < -0.39 is 0 Å². The predicted octanol–water partition coefficient (Wildman–Crippen LogP) is 3.56. The zero-order valence-electron chi connectivity index (χ0n) is 10.6. The van der Waals surface area contributed by atoms with E-state index in [0.29, 0.717) is 17.4 Å². The van der Waals surface area contributed by atoms with Gasteiger partial charge in [0.15, 0.2) is 0 Å². The molecule has 1 rings (SSSR count).